The zero-order chi connectivity index (χ0) is 27.7. The molecule has 3 rings (SSSR count). The Balaban J connectivity index is 1.71. The van der Waals surface area contributed by atoms with Gasteiger partial charge in [-0.05, 0) is 36.4 Å². The topological polar surface area (TPSA) is 114 Å². The lowest BCUT2D eigenvalue weighted by molar-refractivity contribution is -0.137. The van der Waals surface area contributed by atoms with Crippen molar-refractivity contribution in [2.45, 2.75) is 26.1 Å². The number of benzene rings is 2. The number of anilines is 2. The Morgan fingerprint density at radius 3 is 2.47 bits per heavy atom. The van der Waals surface area contributed by atoms with Gasteiger partial charge in [-0.15, -0.1) is 0 Å². The Labute approximate surface area is 217 Å². The van der Waals surface area contributed by atoms with Crippen LogP contribution in [0.5, 0.6) is 17.2 Å². The summed E-state index contributed by atoms with van der Waals surface area (Å²) in [6.07, 6.45) is -3.18. The molecule has 1 heterocycles. The number of rotatable bonds is 10. The molecule has 3 amide bonds. The van der Waals surface area contributed by atoms with Crippen LogP contribution >= 0.6 is 0 Å². The first-order valence-electron chi connectivity index (χ1n) is 11.7. The van der Waals surface area contributed by atoms with Crippen molar-refractivity contribution in [3.05, 3.63) is 72.1 Å². The molecule has 0 saturated carbocycles. The maximum atomic E-state index is 13.3. The van der Waals surface area contributed by atoms with Crippen LogP contribution in [0.15, 0.2) is 60.8 Å². The lowest BCUT2D eigenvalue weighted by atomic mass is 10.2. The maximum absolute atomic E-state index is 13.3. The summed E-state index contributed by atoms with van der Waals surface area (Å²) in [7, 11) is 1.48. The van der Waals surface area contributed by atoms with Crippen molar-refractivity contribution < 1.29 is 32.2 Å². The Morgan fingerprint density at radius 1 is 1.00 bits per heavy atom. The highest BCUT2D eigenvalue weighted by Gasteiger charge is 2.31. The molecule has 1 aromatic heterocycles. The van der Waals surface area contributed by atoms with Crippen LogP contribution in [0.3, 0.4) is 0 Å². The summed E-state index contributed by atoms with van der Waals surface area (Å²) >= 11 is 0. The number of pyridine rings is 1. The molecule has 0 radical (unpaired) electrons. The van der Waals surface area contributed by atoms with E-state index in [0.29, 0.717) is 23.7 Å². The largest absolute Gasteiger partial charge is 0.490 e. The monoisotopic (exact) mass is 531 g/mol. The number of ether oxygens (including phenoxy) is 2. The van der Waals surface area contributed by atoms with Gasteiger partial charge in [-0.25, -0.2) is 4.79 Å². The predicted octanol–water partition coefficient (Wildman–Crippen LogP) is 5.27. The Kier molecular flexibility index (Phi) is 9.49. The number of amides is 3. The van der Waals surface area contributed by atoms with E-state index in [1.807, 2.05) is 13.8 Å². The molecule has 0 spiro atoms. The third kappa shape index (κ3) is 8.37. The van der Waals surface area contributed by atoms with Crippen LogP contribution in [0, 0.1) is 0 Å². The molecule has 0 saturated heterocycles. The van der Waals surface area contributed by atoms with E-state index in [4.69, 9.17) is 9.47 Å². The molecule has 0 aliphatic heterocycles. The zero-order valence-corrected chi connectivity index (χ0v) is 21.0. The summed E-state index contributed by atoms with van der Waals surface area (Å²) in [6, 6.07) is 11.7. The molecule has 0 bridgehead atoms. The van der Waals surface area contributed by atoms with Gasteiger partial charge in [0, 0.05) is 43.7 Å². The molecule has 9 nitrogen and oxygen atoms in total. The van der Waals surface area contributed by atoms with E-state index in [1.54, 1.807) is 24.3 Å². The number of carbonyl (C=O) groups excluding carboxylic acids is 2. The van der Waals surface area contributed by atoms with E-state index in [0.717, 1.165) is 12.1 Å². The number of nitrogens with one attached hydrogen (secondary N) is 4. The Bertz CT molecular complexity index is 1270. The summed E-state index contributed by atoms with van der Waals surface area (Å²) in [5.74, 6) is 0.410. The fourth-order valence-electron chi connectivity index (χ4n) is 3.22. The van der Waals surface area contributed by atoms with Crippen molar-refractivity contribution >= 4 is 23.3 Å². The summed E-state index contributed by atoms with van der Waals surface area (Å²) in [6.45, 7) is 4.57. The standard InChI is InChI=1S/C26H28F3N5O4/c1-16(2)31-11-12-37-23-8-7-17(26(27,28)29)13-21(23)34-25(36)33-18-5-4-6-19(14-18)38-20-9-10-32-22(15-20)24(35)30-3/h4-10,13-16,31H,11-12H2,1-3H3,(H,30,35)(H2,33,34,36). The van der Waals surface area contributed by atoms with Crippen molar-refractivity contribution in [3.8, 4) is 17.2 Å². The molecule has 0 atom stereocenters. The number of alkyl halides is 3. The number of urea groups is 1. The van der Waals surface area contributed by atoms with Gasteiger partial charge in [0.1, 0.15) is 29.5 Å². The summed E-state index contributed by atoms with van der Waals surface area (Å²) in [5.41, 5.74) is -0.578. The fraction of sp³-hybridized carbons (Fsp3) is 0.269. The summed E-state index contributed by atoms with van der Waals surface area (Å²) < 4.78 is 51.2. The first kappa shape index (κ1) is 28.3. The molecule has 12 heteroatoms. The third-order valence-corrected chi connectivity index (χ3v) is 4.99. The minimum absolute atomic E-state index is 0.0976. The van der Waals surface area contributed by atoms with Gasteiger partial charge in [0.2, 0.25) is 0 Å². The van der Waals surface area contributed by atoms with Crippen LogP contribution in [-0.2, 0) is 6.18 Å². The van der Waals surface area contributed by atoms with Gasteiger partial charge in [0.15, 0.2) is 0 Å². The quantitative estimate of drug-likeness (QED) is 0.265. The molecular formula is C26H28F3N5O4. The smallest absolute Gasteiger partial charge is 0.416 e. The molecule has 0 fully saturated rings. The van der Waals surface area contributed by atoms with E-state index in [-0.39, 0.29) is 35.7 Å². The lowest BCUT2D eigenvalue weighted by Crippen LogP contribution is -2.27. The van der Waals surface area contributed by atoms with Crippen LogP contribution in [0.4, 0.5) is 29.3 Å². The summed E-state index contributed by atoms with van der Waals surface area (Å²) in [5, 5.41) is 10.6. The second-order valence-electron chi connectivity index (χ2n) is 8.33. The predicted molar refractivity (Wildman–Crippen MR) is 137 cm³/mol. The van der Waals surface area contributed by atoms with E-state index < -0.39 is 17.8 Å². The maximum Gasteiger partial charge on any atom is 0.416 e. The van der Waals surface area contributed by atoms with Crippen molar-refractivity contribution in [2.24, 2.45) is 0 Å². The van der Waals surface area contributed by atoms with Crippen molar-refractivity contribution in [1.82, 2.24) is 15.6 Å². The number of hydrogen-bond donors (Lipinski definition) is 4. The highest BCUT2D eigenvalue weighted by atomic mass is 19.4. The zero-order valence-electron chi connectivity index (χ0n) is 21.0. The fourth-order valence-corrected chi connectivity index (χ4v) is 3.22. The van der Waals surface area contributed by atoms with Gasteiger partial charge in [-0.3, -0.25) is 9.78 Å². The molecule has 3 aromatic rings. The second-order valence-corrected chi connectivity index (χ2v) is 8.33. The van der Waals surface area contributed by atoms with E-state index in [2.05, 4.69) is 26.3 Å². The van der Waals surface area contributed by atoms with Crippen LogP contribution < -0.4 is 30.7 Å². The normalized spacial score (nSPS) is 11.1. The van der Waals surface area contributed by atoms with E-state index in [1.165, 1.54) is 31.4 Å². The number of nitrogens with zero attached hydrogens (tertiary/aromatic N) is 1. The van der Waals surface area contributed by atoms with E-state index >= 15 is 0 Å². The van der Waals surface area contributed by atoms with Crippen LogP contribution in [0.25, 0.3) is 0 Å². The van der Waals surface area contributed by atoms with Gasteiger partial charge in [0.25, 0.3) is 5.91 Å². The third-order valence-electron chi connectivity index (χ3n) is 4.99. The van der Waals surface area contributed by atoms with Gasteiger partial charge in [-0.2, -0.15) is 13.2 Å². The minimum atomic E-state index is -4.60. The molecule has 2 aromatic carbocycles. The first-order chi connectivity index (χ1) is 18.0. The molecular weight excluding hydrogens is 503 g/mol. The molecule has 202 valence electrons. The molecule has 0 unspecified atom stereocenters. The van der Waals surface area contributed by atoms with Crippen LogP contribution in [0.1, 0.15) is 29.9 Å². The van der Waals surface area contributed by atoms with Crippen LogP contribution in [-0.4, -0.2) is 43.2 Å². The van der Waals surface area contributed by atoms with Crippen molar-refractivity contribution in [3.63, 3.8) is 0 Å². The number of aromatic nitrogens is 1. The average Bonchev–Trinajstić information content (AvgIpc) is 2.86. The van der Waals surface area contributed by atoms with Gasteiger partial charge in [0.05, 0.1) is 11.3 Å². The number of hydrogen-bond acceptors (Lipinski definition) is 6. The van der Waals surface area contributed by atoms with Crippen molar-refractivity contribution in [1.29, 1.82) is 0 Å². The first-order valence-corrected chi connectivity index (χ1v) is 11.7. The van der Waals surface area contributed by atoms with Crippen molar-refractivity contribution in [2.75, 3.05) is 30.8 Å². The second kappa shape index (κ2) is 12.8. The minimum Gasteiger partial charge on any atom is -0.490 e. The summed E-state index contributed by atoms with van der Waals surface area (Å²) in [4.78, 5) is 28.4. The highest BCUT2D eigenvalue weighted by molar-refractivity contribution is 6.00. The molecule has 4 N–H and O–H groups in total. The molecule has 38 heavy (non-hydrogen) atoms. The molecule has 0 aliphatic carbocycles. The lowest BCUT2D eigenvalue weighted by Gasteiger charge is -2.16. The average molecular weight is 532 g/mol. The SMILES string of the molecule is CNC(=O)c1cc(Oc2cccc(NC(=O)Nc3cc(C(F)(F)F)ccc3OCCNC(C)C)c2)ccn1. The highest BCUT2D eigenvalue weighted by Crippen LogP contribution is 2.35. The Morgan fingerprint density at radius 2 is 1.76 bits per heavy atom. The van der Waals surface area contributed by atoms with Gasteiger partial charge >= 0.3 is 12.2 Å². The van der Waals surface area contributed by atoms with Crippen LogP contribution in [0.2, 0.25) is 0 Å². The molecule has 0 aliphatic rings. The van der Waals surface area contributed by atoms with Gasteiger partial charge in [-0.1, -0.05) is 19.9 Å². The van der Waals surface area contributed by atoms with Gasteiger partial charge < -0.3 is 30.7 Å². The Hall–Kier alpha value is -4.32. The van der Waals surface area contributed by atoms with E-state index in [9.17, 15) is 22.8 Å². The number of carbonyl (C=O) groups is 2. The number of halogens is 3.